The maximum Gasteiger partial charge on any atom is 0.231 e. The van der Waals surface area contributed by atoms with Gasteiger partial charge in [0.2, 0.25) is 29.9 Å². The molecule has 0 radical (unpaired) electrons. The molecule has 1 heterocycles. The molecule has 0 spiro atoms. The molecule has 24 heavy (non-hydrogen) atoms. The van der Waals surface area contributed by atoms with Gasteiger partial charge in [-0.2, -0.15) is 0 Å². The molecule has 126 valence electrons. The fourth-order valence-electron chi connectivity index (χ4n) is 4.23. The van der Waals surface area contributed by atoms with E-state index in [0.717, 1.165) is 5.56 Å². The number of carbonyl (C=O) groups is 2. The van der Waals surface area contributed by atoms with E-state index in [9.17, 15) is 9.59 Å². The smallest absolute Gasteiger partial charge is 0.231 e. The maximum atomic E-state index is 12.8. The number of methoxy groups -OCH3 is 2. The van der Waals surface area contributed by atoms with Crippen LogP contribution in [-0.4, -0.2) is 32.6 Å². The van der Waals surface area contributed by atoms with Crippen LogP contribution in [0, 0.1) is 17.8 Å². The zero-order valence-electron chi connectivity index (χ0n) is 13.7. The van der Waals surface area contributed by atoms with Crippen LogP contribution >= 0.6 is 0 Å². The third kappa shape index (κ3) is 1.82. The summed E-state index contributed by atoms with van der Waals surface area (Å²) in [5.41, 5.74) is 0.977. The maximum absolute atomic E-state index is 12.8. The largest absolute Gasteiger partial charge is 0.490 e. The summed E-state index contributed by atoms with van der Waals surface area (Å²) < 4.78 is 21.0. The van der Waals surface area contributed by atoms with Crippen molar-refractivity contribution in [2.75, 3.05) is 21.0 Å². The predicted molar refractivity (Wildman–Crippen MR) is 82.5 cm³/mol. The van der Waals surface area contributed by atoms with E-state index in [0.29, 0.717) is 11.5 Å². The van der Waals surface area contributed by atoms with Crippen molar-refractivity contribution >= 4 is 11.6 Å². The highest BCUT2D eigenvalue weighted by Crippen LogP contribution is 2.57. The normalized spacial score (nSPS) is 30.8. The van der Waals surface area contributed by atoms with Crippen LogP contribution < -0.4 is 9.47 Å². The van der Waals surface area contributed by atoms with Crippen molar-refractivity contribution in [3.8, 4) is 11.5 Å². The minimum atomic E-state index is -0.415. The third-order valence-electron chi connectivity index (χ3n) is 5.36. The number of hydrogen-bond acceptors (Lipinski definition) is 6. The van der Waals surface area contributed by atoms with E-state index >= 15 is 0 Å². The number of rotatable bonds is 3. The van der Waals surface area contributed by atoms with E-state index in [1.807, 2.05) is 25.1 Å². The molecule has 1 saturated carbocycles. The summed E-state index contributed by atoms with van der Waals surface area (Å²) >= 11 is 0. The Labute approximate surface area is 139 Å². The molecule has 0 saturated heterocycles. The quantitative estimate of drug-likeness (QED) is 0.844. The Morgan fingerprint density at radius 3 is 2.21 bits per heavy atom. The standard InChI is InChI=1S/C18H18O6/c1-8-12(9-4-5-10-11(6-9)24-7-23-10)14-13(8)15(19)17(21-2)18(22-3)16(14)20/h4-6,8,12-14H,7H2,1-3H3/t8-,12+,13?,14?/m1/s1. The first-order chi connectivity index (χ1) is 11.6. The van der Waals surface area contributed by atoms with E-state index in [-0.39, 0.29) is 47.6 Å². The van der Waals surface area contributed by atoms with Gasteiger partial charge < -0.3 is 18.9 Å². The first-order valence-corrected chi connectivity index (χ1v) is 7.88. The van der Waals surface area contributed by atoms with Crippen LogP contribution in [0.3, 0.4) is 0 Å². The lowest BCUT2D eigenvalue weighted by molar-refractivity contribution is -0.148. The van der Waals surface area contributed by atoms with Crippen molar-refractivity contribution in [3.63, 3.8) is 0 Å². The minimum Gasteiger partial charge on any atom is -0.490 e. The lowest BCUT2D eigenvalue weighted by atomic mass is 9.50. The van der Waals surface area contributed by atoms with Crippen molar-refractivity contribution in [3.05, 3.63) is 35.3 Å². The lowest BCUT2D eigenvalue weighted by Crippen LogP contribution is -2.55. The van der Waals surface area contributed by atoms with Gasteiger partial charge in [-0.25, -0.2) is 0 Å². The Balaban J connectivity index is 1.73. The molecule has 2 unspecified atom stereocenters. The predicted octanol–water partition coefficient (Wildman–Crippen LogP) is 2.04. The van der Waals surface area contributed by atoms with Crippen molar-refractivity contribution in [2.24, 2.45) is 17.8 Å². The molecular formula is C18H18O6. The number of Topliss-reactive ketones (excluding diaryl/α,β-unsaturated/α-hetero) is 2. The molecule has 2 aliphatic carbocycles. The third-order valence-corrected chi connectivity index (χ3v) is 5.36. The molecule has 0 bridgehead atoms. The average molecular weight is 330 g/mol. The SMILES string of the molecule is COC1=C(OC)C(=O)C2C(C1=O)[C@H](C)[C@H]2c1ccc2c(c1)OCO2. The molecule has 0 aromatic heterocycles. The van der Waals surface area contributed by atoms with Gasteiger partial charge in [0.05, 0.1) is 14.2 Å². The van der Waals surface area contributed by atoms with Crippen LogP contribution in [0.5, 0.6) is 11.5 Å². The van der Waals surface area contributed by atoms with Crippen LogP contribution in [0.1, 0.15) is 18.4 Å². The Kier molecular flexibility index (Phi) is 3.30. The van der Waals surface area contributed by atoms with Gasteiger partial charge in [0.15, 0.2) is 11.5 Å². The summed E-state index contributed by atoms with van der Waals surface area (Å²) in [6.07, 6.45) is 0. The molecule has 1 aliphatic heterocycles. The summed E-state index contributed by atoms with van der Waals surface area (Å²) in [7, 11) is 2.77. The number of carbonyl (C=O) groups excluding carboxylic acids is 2. The lowest BCUT2D eigenvalue weighted by Gasteiger charge is -2.51. The van der Waals surface area contributed by atoms with Gasteiger partial charge in [0, 0.05) is 11.8 Å². The van der Waals surface area contributed by atoms with Crippen LogP contribution in [0.2, 0.25) is 0 Å². The average Bonchev–Trinajstić information content (AvgIpc) is 3.03. The molecule has 0 N–H and O–H groups in total. The van der Waals surface area contributed by atoms with Crippen LogP contribution in [-0.2, 0) is 19.1 Å². The van der Waals surface area contributed by atoms with Crippen molar-refractivity contribution in [1.29, 1.82) is 0 Å². The molecule has 3 aliphatic rings. The van der Waals surface area contributed by atoms with Crippen molar-refractivity contribution in [1.82, 2.24) is 0 Å². The topological polar surface area (TPSA) is 71.1 Å². The number of benzene rings is 1. The van der Waals surface area contributed by atoms with Gasteiger partial charge in [-0.05, 0) is 29.5 Å². The molecule has 6 heteroatoms. The van der Waals surface area contributed by atoms with Crippen LogP contribution in [0.25, 0.3) is 0 Å². The van der Waals surface area contributed by atoms with Gasteiger partial charge in [-0.1, -0.05) is 13.0 Å². The van der Waals surface area contributed by atoms with Gasteiger partial charge in [0.1, 0.15) is 0 Å². The number of ether oxygens (including phenoxy) is 4. The summed E-state index contributed by atoms with van der Waals surface area (Å²) in [6.45, 7) is 2.20. The second-order valence-electron chi connectivity index (χ2n) is 6.34. The highest BCUT2D eigenvalue weighted by molar-refractivity contribution is 6.13. The zero-order chi connectivity index (χ0) is 17.0. The molecule has 1 aromatic rings. The van der Waals surface area contributed by atoms with Crippen molar-refractivity contribution < 1.29 is 28.5 Å². The van der Waals surface area contributed by atoms with E-state index in [4.69, 9.17) is 18.9 Å². The molecule has 6 nitrogen and oxygen atoms in total. The number of allylic oxidation sites excluding steroid dienone is 2. The van der Waals surface area contributed by atoms with Gasteiger partial charge in [0.25, 0.3) is 0 Å². The molecule has 4 rings (SSSR count). The van der Waals surface area contributed by atoms with E-state index in [2.05, 4.69) is 0 Å². The molecule has 1 aromatic carbocycles. The number of ketones is 2. The zero-order valence-corrected chi connectivity index (χ0v) is 13.7. The Hall–Kier alpha value is -2.50. The second-order valence-corrected chi connectivity index (χ2v) is 6.34. The number of fused-ring (bicyclic) bond motifs is 2. The first-order valence-electron chi connectivity index (χ1n) is 7.88. The fourth-order valence-corrected chi connectivity index (χ4v) is 4.23. The molecular weight excluding hydrogens is 312 g/mol. The second kappa shape index (κ2) is 5.26. The van der Waals surface area contributed by atoms with Gasteiger partial charge in [-0.3, -0.25) is 9.59 Å². The summed E-state index contributed by atoms with van der Waals surface area (Å²) in [5, 5.41) is 0. The molecule has 4 atom stereocenters. The molecule has 0 amide bonds. The molecule has 1 fully saturated rings. The van der Waals surface area contributed by atoms with E-state index in [1.165, 1.54) is 14.2 Å². The summed E-state index contributed by atoms with van der Waals surface area (Å²) in [4.78, 5) is 25.5. The monoisotopic (exact) mass is 330 g/mol. The summed E-state index contributed by atoms with van der Waals surface area (Å²) in [6, 6.07) is 5.69. The minimum absolute atomic E-state index is 0.0291. The van der Waals surface area contributed by atoms with Gasteiger partial charge in [-0.15, -0.1) is 0 Å². The first kappa shape index (κ1) is 15.1. The Morgan fingerprint density at radius 1 is 0.917 bits per heavy atom. The number of hydrogen-bond donors (Lipinski definition) is 0. The van der Waals surface area contributed by atoms with Crippen LogP contribution in [0.4, 0.5) is 0 Å². The Bertz CT molecular complexity index is 765. The van der Waals surface area contributed by atoms with Crippen LogP contribution in [0.15, 0.2) is 29.7 Å². The fraction of sp³-hybridized carbons (Fsp3) is 0.444. The van der Waals surface area contributed by atoms with Gasteiger partial charge >= 0.3 is 0 Å². The highest BCUT2D eigenvalue weighted by atomic mass is 16.7. The highest BCUT2D eigenvalue weighted by Gasteiger charge is 2.60. The summed E-state index contributed by atoms with van der Waals surface area (Å²) in [5.74, 6) is 0.345. The van der Waals surface area contributed by atoms with Crippen molar-refractivity contribution in [2.45, 2.75) is 12.8 Å². The van der Waals surface area contributed by atoms with E-state index in [1.54, 1.807) is 0 Å². The van der Waals surface area contributed by atoms with E-state index < -0.39 is 5.92 Å². The Morgan fingerprint density at radius 2 is 1.54 bits per heavy atom.